The first-order valence-corrected chi connectivity index (χ1v) is 22.6. The predicted molar refractivity (Wildman–Crippen MR) is 207 cm³/mol. The van der Waals surface area contributed by atoms with Crippen LogP contribution in [0.5, 0.6) is 0 Å². The second-order valence-electron chi connectivity index (χ2n) is 19.3. The van der Waals surface area contributed by atoms with Crippen molar-refractivity contribution >= 4 is 20.2 Å². The molecule has 0 bridgehead atoms. The maximum absolute atomic E-state index is 13.5. The van der Waals surface area contributed by atoms with Gasteiger partial charge in [-0.05, 0) is 166 Å². The van der Waals surface area contributed by atoms with Gasteiger partial charge in [0.1, 0.15) is 0 Å². The third kappa shape index (κ3) is 5.82. The zero-order chi connectivity index (χ0) is 37.7. The van der Waals surface area contributed by atoms with E-state index in [0.29, 0.717) is 29.6 Å². The highest BCUT2D eigenvalue weighted by atomic mass is 32.2. The van der Waals surface area contributed by atoms with Crippen LogP contribution in [-0.4, -0.2) is 29.5 Å². The molecule has 286 valence electrons. The third-order valence-electron chi connectivity index (χ3n) is 16.5. The maximum Gasteiger partial charge on any atom is 0.297 e. The van der Waals surface area contributed by atoms with Crippen molar-refractivity contribution in [3.8, 4) is 0 Å². The summed E-state index contributed by atoms with van der Waals surface area (Å²) in [6.45, 7) is 23.1. The van der Waals surface area contributed by atoms with E-state index in [9.17, 15) is 16.8 Å². The lowest BCUT2D eigenvalue weighted by atomic mass is 9.32. The fourth-order valence-corrected chi connectivity index (χ4v) is 15.8. The van der Waals surface area contributed by atoms with Gasteiger partial charge in [0, 0.05) is 0 Å². The average Bonchev–Trinajstić information content (AvgIpc) is 3.46. The van der Waals surface area contributed by atoms with Crippen LogP contribution < -0.4 is 0 Å². The molecule has 5 aliphatic carbocycles. The number of benzene rings is 2. The summed E-state index contributed by atoms with van der Waals surface area (Å²) in [5.41, 5.74) is 3.06. The van der Waals surface area contributed by atoms with E-state index in [-0.39, 0.29) is 49.6 Å². The number of hydrogen-bond donors (Lipinski definition) is 0. The number of hydrogen-bond acceptors (Lipinski definition) is 6. The largest absolute Gasteiger partial charge is 0.297 e. The van der Waals surface area contributed by atoms with Gasteiger partial charge in [-0.3, -0.25) is 8.37 Å². The van der Waals surface area contributed by atoms with Gasteiger partial charge in [0.2, 0.25) is 0 Å². The molecule has 0 radical (unpaired) electrons. The van der Waals surface area contributed by atoms with E-state index in [2.05, 4.69) is 48.1 Å². The number of allylic oxidation sites excluding steroid dienone is 1. The zero-order valence-electron chi connectivity index (χ0n) is 32.8. The van der Waals surface area contributed by atoms with Crippen LogP contribution in [-0.2, 0) is 28.6 Å². The molecule has 8 heteroatoms. The molecule has 2 aromatic rings. The Morgan fingerprint density at radius 3 is 1.88 bits per heavy atom. The van der Waals surface area contributed by atoms with Gasteiger partial charge >= 0.3 is 0 Å². The second-order valence-corrected chi connectivity index (χ2v) is 22.5. The molecular weight excluding hydrogens is 689 g/mol. The normalized spacial score (nSPS) is 39.8. The number of fused-ring (bicyclic) bond motifs is 7. The molecule has 10 atom stereocenters. The molecule has 5 aliphatic rings. The first kappa shape index (κ1) is 38.3. The van der Waals surface area contributed by atoms with Crippen LogP contribution in [0.2, 0.25) is 0 Å². The monoisotopic (exact) mass is 750 g/mol. The number of rotatable bonds is 8. The van der Waals surface area contributed by atoms with E-state index >= 15 is 0 Å². The van der Waals surface area contributed by atoms with Crippen LogP contribution in [0, 0.1) is 70.5 Å². The van der Waals surface area contributed by atoms with Crippen LogP contribution in [0.25, 0.3) is 0 Å². The van der Waals surface area contributed by atoms with E-state index in [0.717, 1.165) is 75.3 Å². The minimum absolute atomic E-state index is 0.0706. The molecule has 0 aromatic heterocycles. The van der Waals surface area contributed by atoms with Crippen LogP contribution in [0.3, 0.4) is 0 Å². The van der Waals surface area contributed by atoms with Crippen molar-refractivity contribution < 1.29 is 25.2 Å². The summed E-state index contributed by atoms with van der Waals surface area (Å²) in [7, 11) is -7.75. The molecule has 0 aliphatic heterocycles. The minimum atomic E-state index is -3.88. The summed E-state index contributed by atoms with van der Waals surface area (Å²) < 4.78 is 66.2. The lowest BCUT2D eigenvalue weighted by molar-refractivity contribution is -0.247. The Labute approximate surface area is 314 Å². The standard InChI is InChI=1S/C44H62O6S2/c1-29(2)34-20-25-44(28-49-51(45,46)32-14-10-30(3)11-15-32)27-26-42(8)35(39(34)44)18-19-37-41(7)23-22-38(40(5,6)36(41)21-24-43(37,42)9)50-52(47,48)33-16-12-31(4)13-17-33/h10-17,34-39H,1,18-28H2,2-9H3/t34-,35+,36-,37+,38-,39+,41-,42+,43+,44+/m0/s1. The van der Waals surface area contributed by atoms with E-state index in [4.69, 9.17) is 8.37 Å². The zero-order valence-corrected chi connectivity index (χ0v) is 34.5. The molecule has 52 heavy (non-hydrogen) atoms. The second kappa shape index (κ2) is 12.8. The van der Waals surface area contributed by atoms with Gasteiger partial charge in [0.15, 0.2) is 0 Å². The highest BCUT2D eigenvalue weighted by molar-refractivity contribution is 7.87. The lowest BCUT2D eigenvalue weighted by Crippen LogP contribution is -2.67. The molecule has 0 heterocycles. The van der Waals surface area contributed by atoms with Crippen molar-refractivity contribution in [2.45, 2.75) is 135 Å². The van der Waals surface area contributed by atoms with Crippen molar-refractivity contribution in [1.29, 1.82) is 0 Å². The number of aryl methyl sites for hydroxylation is 2. The van der Waals surface area contributed by atoms with Crippen LogP contribution in [0.4, 0.5) is 0 Å². The maximum atomic E-state index is 13.5. The Balaban J connectivity index is 1.15. The average molecular weight is 751 g/mol. The van der Waals surface area contributed by atoms with Gasteiger partial charge in [0.25, 0.3) is 20.2 Å². The fourth-order valence-electron chi connectivity index (χ4n) is 13.6. The molecule has 0 unspecified atom stereocenters. The Morgan fingerprint density at radius 2 is 1.29 bits per heavy atom. The van der Waals surface area contributed by atoms with Gasteiger partial charge in [-0.25, -0.2) is 0 Å². The van der Waals surface area contributed by atoms with Crippen molar-refractivity contribution in [1.82, 2.24) is 0 Å². The Bertz CT molecular complexity index is 1920. The molecule has 0 saturated heterocycles. The molecule has 5 saturated carbocycles. The Hall–Kier alpha value is -2.00. The summed E-state index contributed by atoms with van der Waals surface area (Å²) in [6, 6.07) is 14.0. The minimum Gasteiger partial charge on any atom is -0.266 e. The first-order chi connectivity index (χ1) is 24.2. The molecule has 6 nitrogen and oxygen atoms in total. The SMILES string of the molecule is C=C(C)[C@@H]1CC[C@]2(COS(=O)(=O)c3ccc(C)cc3)CC[C@]3(C)[C@H](CC[C@@H]4[C@@]5(C)CC[C@H](OS(=O)(=O)c6ccc(C)cc6)C(C)(C)[C@@H]5CC[C@]43C)[C@@H]12. The molecule has 0 spiro atoms. The molecule has 5 fully saturated rings. The van der Waals surface area contributed by atoms with Gasteiger partial charge in [0.05, 0.1) is 22.5 Å². The van der Waals surface area contributed by atoms with Crippen LogP contribution in [0.15, 0.2) is 70.5 Å². The molecule has 0 amide bonds. The third-order valence-corrected chi connectivity index (χ3v) is 19.2. The molecular formula is C44H62O6S2. The van der Waals surface area contributed by atoms with Crippen molar-refractivity contribution in [3.63, 3.8) is 0 Å². The van der Waals surface area contributed by atoms with E-state index < -0.39 is 20.2 Å². The van der Waals surface area contributed by atoms with Crippen molar-refractivity contribution in [2.24, 2.45) is 56.7 Å². The van der Waals surface area contributed by atoms with Crippen LogP contribution in [0.1, 0.15) is 117 Å². The Kier molecular flexibility index (Phi) is 9.41. The summed E-state index contributed by atoms with van der Waals surface area (Å²) in [5.74, 6) is 2.04. The molecule has 2 aromatic carbocycles. The Morgan fingerprint density at radius 1 is 0.692 bits per heavy atom. The lowest BCUT2D eigenvalue weighted by Gasteiger charge is -2.73. The smallest absolute Gasteiger partial charge is 0.266 e. The van der Waals surface area contributed by atoms with Crippen LogP contribution >= 0.6 is 0 Å². The van der Waals surface area contributed by atoms with Crippen molar-refractivity contribution in [2.75, 3.05) is 6.61 Å². The van der Waals surface area contributed by atoms with E-state index in [1.54, 1.807) is 24.3 Å². The van der Waals surface area contributed by atoms with Crippen molar-refractivity contribution in [3.05, 3.63) is 71.8 Å². The molecule has 0 N–H and O–H groups in total. The summed E-state index contributed by atoms with van der Waals surface area (Å²) in [4.78, 5) is 0.464. The molecule has 7 rings (SSSR count). The summed E-state index contributed by atoms with van der Waals surface area (Å²) >= 11 is 0. The summed E-state index contributed by atoms with van der Waals surface area (Å²) in [5, 5.41) is 0. The predicted octanol–water partition coefficient (Wildman–Crippen LogP) is 10.4. The highest BCUT2D eigenvalue weighted by Gasteiger charge is 2.71. The topological polar surface area (TPSA) is 86.7 Å². The fraction of sp³-hybridized carbons (Fsp3) is 0.682. The van der Waals surface area contributed by atoms with Gasteiger partial charge in [-0.1, -0.05) is 82.2 Å². The van der Waals surface area contributed by atoms with Gasteiger partial charge < -0.3 is 0 Å². The first-order valence-electron chi connectivity index (χ1n) is 19.8. The quantitative estimate of drug-likeness (QED) is 0.197. The van der Waals surface area contributed by atoms with Gasteiger partial charge in [-0.2, -0.15) is 16.8 Å². The summed E-state index contributed by atoms with van der Waals surface area (Å²) in [6.07, 6.45) is 9.83. The van der Waals surface area contributed by atoms with E-state index in [1.807, 2.05) is 38.1 Å². The highest BCUT2D eigenvalue weighted by Crippen LogP contribution is 2.77. The van der Waals surface area contributed by atoms with Gasteiger partial charge in [-0.15, -0.1) is 0 Å². The van der Waals surface area contributed by atoms with E-state index in [1.165, 1.54) is 5.57 Å².